The van der Waals surface area contributed by atoms with E-state index in [0.29, 0.717) is 37.2 Å². The van der Waals surface area contributed by atoms with Crippen molar-refractivity contribution < 1.29 is 33.9 Å². The molecule has 7 amide bonds. The van der Waals surface area contributed by atoms with Gasteiger partial charge in [-0.15, -0.1) is 0 Å². The van der Waals surface area contributed by atoms with E-state index in [1.54, 1.807) is 0 Å². The molecule has 1 saturated heterocycles. The van der Waals surface area contributed by atoms with E-state index in [9.17, 15) is 33.9 Å². The van der Waals surface area contributed by atoms with Crippen molar-refractivity contribution in [1.29, 1.82) is 0 Å². The summed E-state index contributed by atoms with van der Waals surface area (Å²) >= 11 is 0. The number of urea groups is 1. The van der Waals surface area contributed by atoms with Gasteiger partial charge in [0, 0.05) is 20.5 Å². The molecule has 0 spiro atoms. The number of likely N-dealkylation sites (tertiary alicyclic amines) is 1. The number of hydrazine groups is 1. The lowest BCUT2D eigenvalue weighted by atomic mass is 10.1. The number of hydrogen-bond donors (Lipinski definition) is 5. The van der Waals surface area contributed by atoms with Crippen molar-refractivity contribution in [2.45, 2.75) is 77.1 Å². The van der Waals surface area contributed by atoms with Crippen LogP contribution in [0, 0.1) is 0 Å². The van der Waals surface area contributed by atoms with Crippen LogP contribution in [0.4, 0.5) is 4.79 Å². The molecule has 0 aromatic rings. The van der Waals surface area contributed by atoms with E-state index in [-0.39, 0.29) is 17.9 Å². The van der Waals surface area contributed by atoms with Crippen molar-refractivity contribution in [3.8, 4) is 0 Å². The molecule has 7 N–H and O–H groups in total. The van der Waals surface area contributed by atoms with Crippen LogP contribution in [0.5, 0.6) is 0 Å². The van der Waals surface area contributed by atoms with Gasteiger partial charge < -0.3 is 26.8 Å². The Morgan fingerprint density at radius 1 is 1.14 bits per heavy atom. The van der Waals surface area contributed by atoms with Gasteiger partial charge in [-0.2, -0.15) is 4.90 Å². The Kier molecular flexibility index (Phi) is 11.7. The van der Waals surface area contributed by atoms with Crippen LogP contribution in [0.2, 0.25) is 0 Å². The van der Waals surface area contributed by atoms with Crippen molar-refractivity contribution in [2.75, 3.05) is 20.1 Å². The topological polar surface area (TPSA) is 208 Å². The summed E-state index contributed by atoms with van der Waals surface area (Å²) in [4.78, 5) is 76.2. The SMILES string of the molecule is CC(=O)N(C(=O)C(O)CCCCN)C(=O)N(C)NC(=O)[C@@H]1CCCN1C(=O)[C@H](C)NC(=O)[C@H](C)N. The van der Waals surface area contributed by atoms with Gasteiger partial charge in [-0.25, -0.2) is 9.80 Å². The smallest absolute Gasteiger partial charge is 0.352 e. The standard InChI is InChI=1S/C21H37N7O7/c1-12(23)17(31)24-13(2)19(33)27-11-7-8-15(27)18(32)25-26(4)21(35)28(14(3)29)20(34)16(30)9-5-6-10-22/h12-13,15-16,30H,5-11,22-23H2,1-4H3,(H,24,31)(H,25,32)/t12-,13-,15-,16?/m0/s1. The molecule has 1 fully saturated rings. The number of carbonyl (C=O) groups excluding carboxylic acids is 6. The number of nitrogens with one attached hydrogen (secondary N) is 2. The summed E-state index contributed by atoms with van der Waals surface area (Å²) in [6, 6.07) is -3.83. The average molecular weight is 500 g/mol. The minimum Gasteiger partial charge on any atom is -0.383 e. The van der Waals surface area contributed by atoms with Crippen LogP contribution in [0.15, 0.2) is 0 Å². The summed E-state index contributed by atoms with van der Waals surface area (Å²) in [6.45, 7) is 4.55. The first-order valence-electron chi connectivity index (χ1n) is 11.5. The lowest BCUT2D eigenvalue weighted by molar-refractivity contribution is -0.147. The summed E-state index contributed by atoms with van der Waals surface area (Å²) in [5.41, 5.74) is 13.2. The maximum absolute atomic E-state index is 12.8. The minimum atomic E-state index is -1.59. The summed E-state index contributed by atoms with van der Waals surface area (Å²) in [6.07, 6.45) is 0.225. The first kappa shape index (κ1) is 29.9. The van der Waals surface area contributed by atoms with Gasteiger partial charge >= 0.3 is 6.03 Å². The highest BCUT2D eigenvalue weighted by Crippen LogP contribution is 2.19. The van der Waals surface area contributed by atoms with Crippen LogP contribution in [0.3, 0.4) is 0 Å². The molecule has 1 unspecified atom stereocenters. The molecule has 1 rings (SSSR count). The Hall–Kier alpha value is -3.10. The zero-order valence-electron chi connectivity index (χ0n) is 20.7. The highest BCUT2D eigenvalue weighted by molar-refractivity contribution is 6.11. The zero-order valence-corrected chi connectivity index (χ0v) is 20.7. The van der Waals surface area contributed by atoms with Crippen LogP contribution in [0.1, 0.15) is 52.9 Å². The molecule has 198 valence electrons. The predicted molar refractivity (Wildman–Crippen MR) is 124 cm³/mol. The normalized spacial score (nSPS) is 17.7. The van der Waals surface area contributed by atoms with Gasteiger partial charge in [-0.3, -0.25) is 29.4 Å². The average Bonchev–Trinajstić information content (AvgIpc) is 3.28. The molecule has 0 aliphatic carbocycles. The molecule has 1 heterocycles. The Morgan fingerprint density at radius 3 is 2.31 bits per heavy atom. The van der Waals surface area contributed by atoms with Gasteiger partial charge in [-0.05, 0) is 52.5 Å². The van der Waals surface area contributed by atoms with Crippen LogP contribution in [-0.4, -0.2) is 99.8 Å². The minimum absolute atomic E-state index is 0.0139. The third-order valence-corrected chi connectivity index (χ3v) is 5.49. The molecule has 4 atom stereocenters. The van der Waals surface area contributed by atoms with Crippen LogP contribution in [0.25, 0.3) is 0 Å². The van der Waals surface area contributed by atoms with Crippen molar-refractivity contribution in [3.63, 3.8) is 0 Å². The second-order valence-corrected chi connectivity index (χ2v) is 8.52. The molecule has 0 saturated carbocycles. The molecule has 0 radical (unpaired) electrons. The molecule has 1 aliphatic rings. The fraction of sp³-hybridized carbons (Fsp3) is 0.714. The third-order valence-electron chi connectivity index (χ3n) is 5.49. The van der Waals surface area contributed by atoms with Crippen LogP contribution < -0.4 is 22.2 Å². The van der Waals surface area contributed by atoms with Crippen molar-refractivity contribution in [2.24, 2.45) is 11.5 Å². The summed E-state index contributed by atoms with van der Waals surface area (Å²) in [5.74, 6) is -3.77. The zero-order chi connectivity index (χ0) is 26.9. The lowest BCUT2D eigenvalue weighted by Crippen LogP contribution is -2.59. The van der Waals surface area contributed by atoms with Gasteiger partial charge in [0.15, 0.2) is 0 Å². The van der Waals surface area contributed by atoms with Gasteiger partial charge in [0.25, 0.3) is 11.8 Å². The van der Waals surface area contributed by atoms with Crippen LogP contribution >= 0.6 is 0 Å². The van der Waals surface area contributed by atoms with E-state index in [2.05, 4.69) is 10.7 Å². The van der Waals surface area contributed by atoms with Crippen LogP contribution in [-0.2, 0) is 24.0 Å². The maximum atomic E-state index is 12.8. The van der Waals surface area contributed by atoms with E-state index in [1.165, 1.54) is 18.7 Å². The Balaban J connectivity index is 2.85. The Bertz CT molecular complexity index is 820. The monoisotopic (exact) mass is 499 g/mol. The fourth-order valence-electron chi connectivity index (χ4n) is 3.53. The number of carbonyl (C=O) groups is 6. The summed E-state index contributed by atoms with van der Waals surface area (Å²) < 4.78 is 0. The molecular weight excluding hydrogens is 462 g/mol. The summed E-state index contributed by atoms with van der Waals surface area (Å²) in [7, 11) is 1.14. The molecular formula is C21H37N7O7. The number of imide groups is 3. The molecule has 0 aromatic heterocycles. The van der Waals surface area contributed by atoms with E-state index in [0.717, 1.165) is 14.0 Å². The Morgan fingerprint density at radius 2 is 1.77 bits per heavy atom. The Labute approximate surface area is 204 Å². The van der Waals surface area contributed by atoms with E-state index < -0.39 is 59.8 Å². The second-order valence-electron chi connectivity index (χ2n) is 8.52. The van der Waals surface area contributed by atoms with Crippen molar-refractivity contribution >= 4 is 35.6 Å². The molecule has 14 nitrogen and oxygen atoms in total. The molecule has 14 heteroatoms. The van der Waals surface area contributed by atoms with E-state index >= 15 is 0 Å². The molecule has 0 aromatic carbocycles. The van der Waals surface area contributed by atoms with Crippen molar-refractivity contribution in [1.82, 2.24) is 25.6 Å². The van der Waals surface area contributed by atoms with E-state index in [1.807, 2.05) is 0 Å². The number of aliphatic hydroxyl groups excluding tert-OH is 1. The lowest BCUT2D eigenvalue weighted by Gasteiger charge is -2.30. The number of unbranched alkanes of at least 4 members (excludes halogenated alkanes) is 1. The number of amides is 7. The van der Waals surface area contributed by atoms with Gasteiger partial charge in [0.1, 0.15) is 18.2 Å². The number of hydrogen-bond acceptors (Lipinski definition) is 9. The molecule has 35 heavy (non-hydrogen) atoms. The maximum Gasteiger partial charge on any atom is 0.352 e. The highest BCUT2D eigenvalue weighted by atomic mass is 16.3. The van der Waals surface area contributed by atoms with Gasteiger partial charge in [0.2, 0.25) is 17.7 Å². The number of aliphatic hydroxyl groups is 1. The third kappa shape index (κ3) is 8.26. The summed E-state index contributed by atoms with van der Waals surface area (Å²) in [5, 5.41) is 13.2. The first-order chi connectivity index (χ1) is 16.3. The van der Waals surface area contributed by atoms with Gasteiger partial charge in [0.05, 0.1) is 6.04 Å². The quantitative estimate of drug-likeness (QED) is 0.172. The first-order valence-corrected chi connectivity index (χ1v) is 11.5. The number of nitrogens with two attached hydrogens (primary N) is 2. The largest absolute Gasteiger partial charge is 0.383 e. The number of rotatable bonds is 9. The van der Waals surface area contributed by atoms with Gasteiger partial charge in [-0.1, -0.05) is 0 Å². The highest BCUT2D eigenvalue weighted by Gasteiger charge is 2.38. The number of nitrogens with zero attached hydrogens (tertiary/aromatic N) is 3. The predicted octanol–water partition coefficient (Wildman–Crippen LogP) is -2.22. The van der Waals surface area contributed by atoms with Crippen molar-refractivity contribution in [3.05, 3.63) is 0 Å². The molecule has 0 bridgehead atoms. The molecule has 1 aliphatic heterocycles. The fourth-order valence-corrected chi connectivity index (χ4v) is 3.53. The van der Waals surface area contributed by atoms with E-state index in [4.69, 9.17) is 11.5 Å². The second kappa shape index (κ2) is 13.7.